The van der Waals surface area contributed by atoms with Gasteiger partial charge in [-0.1, -0.05) is 0 Å². The van der Waals surface area contributed by atoms with Gasteiger partial charge in [0.2, 0.25) is 0 Å². The lowest BCUT2D eigenvalue weighted by atomic mass is 10.1. The average molecular weight is 369 g/mol. The number of halogens is 3. The van der Waals surface area contributed by atoms with Crippen LogP contribution in [0.2, 0.25) is 0 Å². The van der Waals surface area contributed by atoms with Crippen LogP contribution >= 0.6 is 27.5 Å². The second-order valence-corrected chi connectivity index (χ2v) is 5.86. The van der Waals surface area contributed by atoms with E-state index in [1.54, 1.807) is 18.5 Å². The Kier molecular flexibility index (Phi) is 3.95. The van der Waals surface area contributed by atoms with E-state index in [-0.39, 0.29) is 17.7 Å². The van der Waals surface area contributed by atoms with Gasteiger partial charge in [-0.2, -0.15) is 0 Å². The van der Waals surface area contributed by atoms with Crippen molar-refractivity contribution < 1.29 is 4.39 Å². The van der Waals surface area contributed by atoms with Crippen molar-refractivity contribution in [2.45, 2.75) is 18.8 Å². The second-order valence-electron chi connectivity index (χ2n) is 4.74. The Morgan fingerprint density at radius 3 is 2.71 bits per heavy atom. The molecule has 0 amide bonds. The van der Waals surface area contributed by atoms with Gasteiger partial charge in [-0.25, -0.2) is 9.37 Å². The van der Waals surface area contributed by atoms with Gasteiger partial charge in [0.05, 0.1) is 27.4 Å². The number of nitrogens with zero attached hydrogens (tertiary/aromatic N) is 3. The van der Waals surface area contributed by atoms with Crippen molar-refractivity contribution in [3.05, 3.63) is 58.3 Å². The summed E-state index contributed by atoms with van der Waals surface area (Å²) in [6.45, 7) is 2.03. The number of pyridine rings is 1. The molecular formula is C15H12BrClFN3. The van der Waals surface area contributed by atoms with Gasteiger partial charge in [-0.3, -0.25) is 4.98 Å². The minimum atomic E-state index is -0.313. The predicted molar refractivity (Wildman–Crippen MR) is 85.0 cm³/mol. The molecule has 0 spiro atoms. The fourth-order valence-electron chi connectivity index (χ4n) is 2.46. The molecule has 3 aromatic rings. The van der Waals surface area contributed by atoms with E-state index >= 15 is 0 Å². The molecular weight excluding hydrogens is 357 g/mol. The number of aromatic nitrogens is 3. The van der Waals surface area contributed by atoms with Crippen molar-refractivity contribution in [1.82, 2.24) is 14.5 Å². The molecule has 1 aromatic carbocycles. The maximum absolute atomic E-state index is 13.9. The molecule has 2 aromatic heterocycles. The van der Waals surface area contributed by atoms with E-state index in [0.717, 1.165) is 16.6 Å². The molecule has 1 unspecified atom stereocenters. The Bertz CT molecular complexity index is 788. The normalized spacial score (nSPS) is 12.8. The van der Waals surface area contributed by atoms with Gasteiger partial charge in [0.1, 0.15) is 11.6 Å². The first-order chi connectivity index (χ1) is 10.1. The smallest absolute Gasteiger partial charge is 0.139 e. The Labute approximate surface area is 134 Å². The van der Waals surface area contributed by atoms with Crippen LogP contribution < -0.4 is 0 Å². The third kappa shape index (κ3) is 2.56. The van der Waals surface area contributed by atoms with E-state index in [4.69, 9.17) is 11.6 Å². The van der Waals surface area contributed by atoms with E-state index in [2.05, 4.69) is 25.9 Å². The van der Waals surface area contributed by atoms with Crippen molar-refractivity contribution in [2.24, 2.45) is 0 Å². The van der Waals surface area contributed by atoms with E-state index < -0.39 is 0 Å². The predicted octanol–water partition coefficient (Wildman–Crippen LogP) is 4.68. The number of hydrogen-bond acceptors (Lipinski definition) is 2. The second kappa shape index (κ2) is 5.73. The minimum Gasteiger partial charge on any atom is -0.320 e. The highest BCUT2D eigenvalue weighted by Crippen LogP contribution is 2.29. The van der Waals surface area contributed by atoms with E-state index in [0.29, 0.717) is 10.3 Å². The minimum absolute atomic E-state index is 0.00711. The van der Waals surface area contributed by atoms with Crippen molar-refractivity contribution in [3.8, 4) is 0 Å². The zero-order valence-electron chi connectivity index (χ0n) is 11.2. The lowest BCUT2D eigenvalue weighted by Crippen LogP contribution is -2.10. The summed E-state index contributed by atoms with van der Waals surface area (Å²) < 4.78 is 16.2. The highest BCUT2D eigenvalue weighted by molar-refractivity contribution is 9.10. The zero-order chi connectivity index (χ0) is 15.0. The zero-order valence-corrected chi connectivity index (χ0v) is 13.6. The van der Waals surface area contributed by atoms with Gasteiger partial charge in [0.15, 0.2) is 0 Å². The quantitative estimate of drug-likeness (QED) is 0.628. The summed E-state index contributed by atoms with van der Waals surface area (Å²) >= 11 is 9.20. The molecule has 0 saturated carbocycles. The van der Waals surface area contributed by atoms with Crippen LogP contribution in [-0.2, 0) is 5.88 Å². The fraction of sp³-hybridized carbons (Fsp3) is 0.200. The van der Waals surface area contributed by atoms with Crippen LogP contribution in [0, 0.1) is 5.82 Å². The Morgan fingerprint density at radius 1 is 1.33 bits per heavy atom. The molecule has 108 valence electrons. The molecule has 3 nitrogen and oxygen atoms in total. The molecule has 3 rings (SSSR count). The third-order valence-corrected chi connectivity index (χ3v) is 4.35. The molecule has 0 aliphatic carbocycles. The topological polar surface area (TPSA) is 30.7 Å². The SMILES string of the molecule is CC(c1ccncc1)n1c(CCl)nc2cc(Br)c(F)cc21. The average Bonchev–Trinajstić information content (AvgIpc) is 2.85. The van der Waals surface area contributed by atoms with Crippen LogP contribution in [0.1, 0.15) is 24.4 Å². The summed E-state index contributed by atoms with van der Waals surface area (Å²) in [4.78, 5) is 8.52. The summed E-state index contributed by atoms with van der Waals surface area (Å²) in [5.41, 5.74) is 2.52. The standard InChI is InChI=1S/C15H12BrClFN3/c1-9(10-2-4-19-5-3-10)21-14-7-12(18)11(16)6-13(14)20-15(21)8-17/h2-7,9H,8H2,1H3. The number of imidazole rings is 1. The largest absolute Gasteiger partial charge is 0.320 e. The number of fused-ring (bicyclic) bond motifs is 1. The highest BCUT2D eigenvalue weighted by Gasteiger charge is 2.18. The van der Waals surface area contributed by atoms with Crippen molar-refractivity contribution >= 4 is 38.6 Å². The van der Waals surface area contributed by atoms with Gasteiger partial charge in [0.25, 0.3) is 0 Å². The van der Waals surface area contributed by atoms with Gasteiger partial charge in [-0.15, -0.1) is 11.6 Å². The van der Waals surface area contributed by atoms with Crippen LogP contribution in [-0.4, -0.2) is 14.5 Å². The molecule has 0 N–H and O–H groups in total. The van der Waals surface area contributed by atoms with Gasteiger partial charge in [0, 0.05) is 18.5 Å². The first-order valence-corrected chi connectivity index (χ1v) is 7.76. The van der Waals surface area contributed by atoms with E-state index in [1.165, 1.54) is 6.07 Å². The number of alkyl halides is 1. The maximum Gasteiger partial charge on any atom is 0.139 e. The number of rotatable bonds is 3. The molecule has 0 bridgehead atoms. The molecule has 1 atom stereocenters. The Hall–Kier alpha value is -1.46. The summed E-state index contributed by atoms with van der Waals surface area (Å²) in [6.07, 6.45) is 3.48. The summed E-state index contributed by atoms with van der Waals surface area (Å²) in [6, 6.07) is 7.02. The lowest BCUT2D eigenvalue weighted by molar-refractivity contribution is 0.613. The Balaban J connectivity index is 2.23. The first-order valence-electron chi connectivity index (χ1n) is 6.43. The van der Waals surface area contributed by atoms with Gasteiger partial charge in [-0.05, 0) is 46.6 Å². The number of benzene rings is 1. The molecule has 0 fully saturated rings. The van der Waals surface area contributed by atoms with Crippen molar-refractivity contribution in [1.29, 1.82) is 0 Å². The van der Waals surface area contributed by atoms with Crippen LogP contribution in [0.25, 0.3) is 11.0 Å². The van der Waals surface area contributed by atoms with Crippen LogP contribution in [0.3, 0.4) is 0 Å². The first kappa shape index (κ1) is 14.5. The molecule has 6 heteroatoms. The van der Waals surface area contributed by atoms with Gasteiger partial charge < -0.3 is 4.57 Å². The van der Waals surface area contributed by atoms with Crippen molar-refractivity contribution in [2.75, 3.05) is 0 Å². The molecule has 21 heavy (non-hydrogen) atoms. The molecule has 0 radical (unpaired) electrons. The fourth-order valence-corrected chi connectivity index (χ4v) is 2.98. The van der Waals surface area contributed by atoms with Crippen LogP contribution in [0.4, 0.5) is 4.39 Å². The summed E-state index contributed by atoms with van der Waals surface area (Å²) in [7, 11) is 0. The third-order valence-electron chi connectivity index (χ3n) is 3.50. The summed E-state index contributed by atoms with van der Waals surface area (Å²) in [5.74, 6) is 0.670. The van der Waals surface area contributed by atoms with Gasteiger partial charge >= 0.3 is 0 Å². The van der Waals surface area contributed by atoms with E-state index in [1.807, 2.05) is 23.6 Å². The maximum atomic E-state index is 13.9. The molecule has 0 aliphatic rings. The number of hydrogen-bond donors (Lipinski definition) is 0. The summed E-state index contributed by atoms with van der Waals surface area (Å²) in [5, 5.41) is 0. The Morgan fingerprint density at radius 2 is 2.05 bits per heavy atom. The highest BCUT2D eigenvalue weighted by atomic mass is 79.9. The monoisotopic (exact) mass is 367 g/mol. The lowest BCUT2D eigenvalue weighted by Gasteiger charge is -2.17. The molecule has 0 saturated heterocycles. The van der Waals surface area contributed by atoms with Crippen molar-refractivity contribution in [3.63, 3.8) is 0 Å². The molecule has 0 aliphatic heterocycles. The van der Waals surface area contributed by atoms with Crippen LogP contribution in [0.15, 0.2) is 41.1 Å². The van der Waals surface area contributed by atoms with Crippen LogP contribution in [0.5, 0.6) is 0 Å². The molecule has 2 heterocycles. The van der Waals surface area contributed by atoms with E-state index in [9.17, 15) is 4.39 Å².